The molecule has 0 saturated carbocycles. The first-order chi connectivity index (χ1) is 10.2. The molecule has 0 aromatic carbocycles. The summed E-state index contributed by atoms with van der Waals surface area (Å²) in [5, 5.41) is 10.3. The quantitative estimate of drug-likeness (QED) is 0.401. The number of rotatable bonds is 6. The lowest BCUT2D eigenvalue weighted by molar-refractivity contribution is -0.132. The maximum absolute atomic E-state index is 12.1. The average molecular weight is 447 g/mol. The van der Waals surface area contributed by atoms with Gasteiger partial charge in [0.15, 0.2) is 5.96 Å². The van der Waals surface area contributed by atoms with Crippen molar-refractivity contribution < 1.29 is 13.2 Å². The molecule has 9 heteroatoms. The smallest absolute Gasteiger partial charge is 0.357 e. The Morgan fingerprint density at radius 2 is 1.91 bits per heavy atom. The van der Waals surface area contributed by atoms with Crippen molar-refractivity contribution in [2.45, 2.75) is 39.8 Å². The molecule has 0 unspecified atom stereocenters. The van der Waals surface area contributed by atoms with Crippen LogP contribution in [-0.4, -0.2) is 41.6 Å². The Morgan fingerprint density at radius 1 is 1.26 bits per heavy atom. The predicted octanol–water partition coefficient (Wildman–Crippen LogP) is 2.70. The number of aliphatic imine (C=N–C) groups is 1. The summed E-state index contributed by atoms with van der Waals surface area (Å²) < 4.78 is 38.2. The number of nitrogens with zero attached hydrogens (tertiary/aromatic N) is 3. The van der Waals surface area contributed by atoms with Crippen molar-refractivity contribution in [1.29, 1.82) is 0 Å². The van der Waals surface area contributed by atoms with E-state index in [0.29, 0.717) is 19.0 Å². The van der Waals surface area contributed by atoms with Crippen molar-refractivity contribution in [2.75, 3.05) is 19.6 Å². The topological polar surface area (TPSA) is 54.2 Å². The minimum absolute atomic E-state index is 0. The van der Waals surface area contributed by atoms with Gasteiger partial charge in [0, 0.05) is 25.8 Å². The highest BCUT2D eigenvalue weighted by Gasteiger charge is 2.26. The summed E-state index contributed by atoms with van der Waals surface area (Å²) in [6, 6.07) is 0. The largest absolute Gasteiger partial charge is 0.390 e. The van der Waals surface area contributed by atoms with E-state index in [9.17, 15) is 13.2 Å². The lowest BCUT2D eigenvalue weighted by Gasteiger charge is -2.12. The molecule has 1 heterocycles. The first kappa shape index (κ1) is 22.0. The molecule has 134 valence electrons. The fourth-order valence-corrected chi connectivity index (χ4v) is 2.12. The number of nitrogens with one attached hydrogen (secondary N) is 2. The molecule has 0 radical (unpaired) electrons. The van der Waals surface area contributed by atoms with Gasteiger partial charge in [-0.15, -0.1) is 24.0 Å². The van der Waals surface area contributed by atoms with Crippen molar-refractivity contribution in [1.82, 2.24) is 20.4 Å². The van der Waals surface area contributed by atoms with Crippen LogP contribution in [0, 0.1) is 13.8 Å². The third kappa shape index (κ3) is 7.89. The highest BCUT2D eigenvalue weighted by Crippen LogP contribution is 2.18. The SMILES string of the molecule is CCNC(=NCCC(F)(F)F)NCCc1c(C)nn(C)c1C.I. The third-order valence-electron chi connectivity index (χ3n) is 3.34. The summed E-state index contributed by atoms with van der Waals surface area (Å²) in [5.41, 5.74) is 3.22. The van der Waals surface area contributed by atoms with Gasteiger partial charge in [0.2, 0.25) is 0 Å². The van der Waals surface area contributed by atoms with Crippen LogP contribution in [0.25, 0.3) is 0 Å². The van der Waals surface area contributed by atoms with Crippen LogP contribution in [0.2, 0.25) is 0 Å². The molecule has 23 heavy (non-hydrogen) atoms. The van der Waals surface area contributed by atoms with Crippen molar-refractivity contribution in [3.63, 3.8) is 0 Å². The van der Waals surface area contributed by atoms with E-state index >= 15 is 0 Å². The van der Waals surface area contributed by atoms with Gasteiger partial charge in [-0.25, -0.2) is 0 Å². The van der Waals surface area contributed by atoms with Crippen LogP contribution in [0.4, 0.5) is 13.2 Å². The molecule has 0 aliphatic rings. The second-order valence-electron chi connectivity index (χ2n) is 5.08. The first-order valence-electron chi connectivity index (χ1n) is 7.32. The highest BCUT2D eigenvalue weighted by atomic mass is 127. The van der Waals surface area contributed by atoms with Gasteiger partial charge in [0.05, 0.1) is 18.7 Å². The van der Waals surface area contributed by atoms with E-state index in [0.717, 1.165) is 23.4 Å². The molecule has 0 fully saturated rings. The fraction of sp³-hybridized carbons (Fsp3) is 0.714. The predicted molar refractivity (Wildman–Crippen MR) is 96.5 cm³/mol. The number of halogens is 4. The zero-order chi connectivity index (χ0) is 16.8. The summed E-state index contributed by atoms with van der Waals surface area (Å²) in [6.07, 6.45) is -4.34. The molecular formula is C14H25F3IN5. The van der Waals surface area contributed by atoms with Crippen LogP contribution >= 0.6 is 24.0 Å². The molecule has 0 aliphatic carbocycles. The molecule has 0 atom stereocenters. The minimum Gasteiger partial charge on any atom is -0.357 e. The van der Waals surface area contributed by atoms with Gasteiger partial charge >= 0.3 is 6.18 Å². The zero-order valence-corrected chi connectivity index (χ0v) is 16.2. The molecule has 2 N–H and O–H groups in total. The molecule has 0 amide bonds. The number of guanidine groups is 1. The standard InChI is InChI=1S/C14H24F3N5.HI/c1-5-18-13(20-9-7-14(15,16)17)19-8-6-12-10(2)21-22(4)11(12)3;/h5-9H2,1-4H3,(H2,18,19,20);1H. The van der Waals surface area contributed by atoms with E-state index < -0.39 is 12.6 Å². The summed E-state index contributed by atoms with van der Waals surface area (Å²) in [7, 11) is 1.89. The lowest BCUT2D eigenvalue weighted by Crippen LogP contribution is -2.38. The Labute approximate surface area is 152 Å². The molecule has 1 aromatic rings. The number of hydrogen-bond acceptors (Lipinski definition) is 2. The van der Waals surface area contributed by atoms with Gasteiger partial charge in [-0.1, -0.05) is 0 Å². The van der Waals surface area contributed by atoms with Crippen molar-refractivity contribution in [3.8, 4) is 0 Å². The van der Waals surface area contributed by atoms with Crippen LogP contribution in [0.3, 0.4) is 0 Å². The van der Waals surface area contributed by atoms with E-state index in [1.54, 1.807) is 0 Å². The first-order valence-corrected chi connectivity index (χ1v) is 7.32. The Morgan fingerprint density at radius 3 is 2.39 bits per heavy atom. The Balaban J connectivity index is 0.00000484. The van der Waals surface area contributed by atoms with Gasteiger partial charge in [0.1, 0.15) is 0 Å². The third-order valence-corrected chi connectivity index (χ3v) is 3.34. The average Bonchev–Trinajstić information content (AvgIpc) is 2.63. The molecule has 0 aliphatic heterocycles. The van der Waals surface area contributed by atoms with E-state index in [1.165, 1.54) is 0 Å². The monoisotopic (exact) mass is 447 g/mol. The van der Waals surface area contributed by atoms with E-state index in [1.807, 2.05) is 32.5 Å². The van der Waals surface area contributed by atoms with E-state index in [-0.39, 0.29) is 30.5 Å². The molecule has 0 bridgehead atoms. The van der Waals surface area contributed by atoms with Crippen LogP contribution in [0.15, 0.2) is 4.99 Å². The maximum atomic E-state index is 12.1. The number of alkyl halides is 3. The Hall–Kier alpha value is -1.00. The number of aryl methyl sites for hydroxylation is 2. The van der Waals surface area contributed by atoms with Crippen LogP contribution < -0.4 is 10.6 Å². The maximum Gasteiger partial charge on any atom is 0.390 e. The Kier molecular flexibility index (Phi) is 9.55. The molecular weight excluding hydrogens is 422 g/mol. The molecule has 0 spiro atoms. The van der Waals surface area contributed by atoms with Crippen LogP contribution in [0.5, 0.6) is 0 Å². The van der Waals surface area contributed by atoms with Crippen molar-refractivity contribution in [3.05, 3.63) is 17.0 Å². The van der Waals surface area contributed by atoms with Crippen molar-refractivity contribution >= 4 is 29.9 Å². The number of hydrogen-bond donors (Lipinski definition) is 2. The van der Waals surface area contributed by atoms with Gasteiger partial charge in [-0.3, -0.25) is 9.67 Å². The van der Waals surface area contributed by atoms with Gasteiger partial charge in [-0.2, -0.15) is 18.3 Å². The second-order valence-corrected chi connectivity index (χ2v) is 5.08. The van der Waals surface area contributed by atoms with Crippen LogP contribution in [-0.2, 0) is 13.5 Å². The summed E-state index contributed by atoms with van der Waals surface area (Å²) in [4.78, 5) is 3.93. The molecule has 1 aromatic heterocycles. The highest BCUT2D eigenvalue weighted by molar-refractivity contribution is 14.0. The van der Waals surface area contributed by atoms with Gasteiger partial charge in [-0.05, 0) is 32.8 Å². The summed E-state index contributed by atoms with van der Waals surface area (Å²) >= 11 is 0. The molecule has 5 nitrogen and oxygen atoms in total. The van der Waals surface area contributed by atoms with Gasteiger partial charge in [0.25, 0.3) is 0 Å². The van der Waals surface area contributed by atoms with E-state index in [2.05, 4.69) is 20.7 Å². The van der Waals surface area contributed by atoms with Gasteiger partial charge < -0.3 is 10.6 Å². The fourth-order valence-electron chi connectivity index (χ4n) is 2.12. The summed E-state index contributed by atoms with van der Waals surface area (Å²) in [6.45, 7) is 6.73. The van der Waals surface area contributed by atoms with E-state index in [4.69, 9.17) is 0 Å². The van der Waals surface area contributed by atoms with Crippen LogP contribution in [0.1, 0.15) is 30.3 Å². The van der Waals surface area contributed by atoms with Crippen molar-refractivity contribution in [2.24, 2.45) is 12.0 Å². The minimum atomic E-state index is -4.18. The second kappa shape index (κ2) is 9.99. The number of aromatic nitrogens is 2. The normalized spacial score (nSPS) is 12.0. The lowest BCUT2D eigenvalue weighted by atomic mass is 10.1. The Bertz CT molecular complexity index is 511. The molecule has 1 rings (SSSR count). The summed E-state index contributed by atoms with van der Waals surface area (Å²) in [5.74, 6) is 0.408. The molecule has 0 saturated heterocycles. The zero-order valence-electron chi connectivity index (χ0n) is 13.9.